The van der Waals surface area contributed by atoms with Crippen LogP contribution in [0.3, 0.4) is 0 Å². The predicted octanol–water partition coefficient (Wildman–Crippen LogP) is 4.02. The Bertz CT molecular complexity index is 585. The number of halogens is 3. The van der Waals surface area contributed by atoms with E-state index in [2.05, 4.69) is 21.7 Å². The summed E-state index contributed by atoms with van der Waals surface area (Å²) in [4.78, 5) is 14.3. The van der Waals surface area contributed by atoms with Gasteiger partial charge in [-0.25, -0.2) is 0 Å². The zero-order chi connectivity index (χ0) is 18.9. The summed E-state index contributed by atoms with van der Waals surface area (Å²) >= 11 is 0. The minimum atomic E-state index is -4.48. The summed E-state index contributed by atoms with van der Waals surface area (Å²) in [7, 11) is 0. The molecule has 1 rings (SSSR count). The lowest BCUT2D eigenvalue weighted by molar-refractivity contribution is -0.159. The van der Waals surface area contributed by atoms with E-state index >= 15 is 0 Å². The zero-order valence-electron chi connectivity index (χ0n) is 14.8. The molecule has 1 amide bonds. The summed E-state index contributed by atoms with van der Waals surface area (Å²) < 4.78 is 39.1. The highest BCUT2D eigenvalue weighted by atomic mass is 19.4. The molecule has 7 heteroatoms. The average molecular weight is 357 g/mol. The van der Waals surface area contributed by atoms with Gasteiger partial charge in [-0.1, -0.05) is 23.3 Å². The van der Waals surface area contributed by atoms with Gasteiger partial charge < -0.3 is 10.3 Å². The molecule has 1 aromatic heterocycles. The normalized spacial score (nSPS) is 13.4. The third kappa shape index (κ3) is 8.58. The van der Waals surface area contributed by atoms with Crippen LogP contribution in [0.5, 0.6) is 0 Å². The lowest BCUT2D eigenvalue weighted by Crippen LogP contribution is -2.41. The fourth-order valence-electron chi connectivity index (χ4n) is 2.21. The molecule has 3 N–H and O–H groups in total. The van der Waals surface area contributed by atoms with E-state index in [0.717, 1.165) is 18.4 Å². The highest BCUT2D eigenvalue weighted by Crippen LogP contribution is 2.31. The number of allylic oxidation sites excluding steroid dienone is 3. The van der Waals surface area contributed by atoms with E-state index in [9.17, 15) is 18.0 Å². The van der Waals surface area contributed by atoms with E-state index in [1.807, 2.05) is 26.8 Å². The molecule has 0 aliphatic rings. The second-order valence-electron chi connectivity index (χ2n) is 6.16. The molecule has 140 valence electrons. The maximum Gasteiger partial charge on any atom is 0.409 e. The lowest BCUT2D eigenvalue weighted by atomic mass is 10.1. The zero-order valence-corrected chi connectivity index (χ0v) is 14.8. The summed E-state index contributed by atoms with van der Waals surface area (Å²) in [5.74, 6) is -0.478. The number of H-pyrrole nitrogens is 1. The first kappa shape index (κ1) is 21.0. The van der Waals surface area contributed by atoms with Crippen LogP contribution in [0.4, 0.5) is 13.2 Å². The third-order valence-electron chi connectivity index (χ3n) is 3.57. The minimum absolute atomic E-state index is 0.0182. The highest BCUT2D eigenvalue weighted by Gasteiger charge is 2.41. The van der Waals surface area contributed by atoms with Crippen LogP contribution >= 0.6 is 0 Å². The molecule has 25 heavy (non-hydrogen) atoms. The van der Waals surface area contributed by atoms with Crippen molar-refractivity contribution < 1.29 is 18.0 Å². The van der Waals surface area contributed by atoms with Gasteiger partial charge in [0.25, 0.3) is 0 Å². The molecule has 0 aliphatic carbocycles. The number of aromatic nitrogens is 1. The van der Waals surface area contributed by atoms with Gasteiger partial charge in [-0.2, -0.15) is 13.2 Å². The van der Waals surface area contributed by atoms with Crippen LogP contribution in [0, 0.1) is 0 Å². The van der Waals surface area contributed by atoms with Crippen molar-refractivity contribution in [3.63, 3.8) is 0 Å². The minimum Gasteiger partial charge on any atom is -0.363 e. The quantitative estimate of drug-likeness (QED) is 0.585. The first-order valence-electron chi connectivity index (χ1n) is 8.19. The number of aromatic amines is 1. The van der Waals surface area contributed by atoms with Gasteiger partial charge in [0, 0.05) is 18.4 Å². The van der Waals surface area contributed by atoms with Gasteiger partial charge in [0.15, 0.2) is 0 Å². The summed E-state index contributed by atoms with van der Waals surface area (Å²) in [5, 5.41) is 4.84. The summed E-state index contributed by atoms with van der Waals surface area (Å²) in [6.45, 7) is 5.93. The van der Waals surface area contributed by atoms with E-state index in [1.54, 1.807) is 0 Å². The van der Waals surface area contributed by atoms with Crippen LogP contribution in [0.25, 0.3) is 0 Å². The number of hydrogen-bond donors (Lipinski definition) is 3. The van der Waals surface area contributed by atoms with Crippen molar-refractivity contribution in [2.75, 3.05) is 13.1 Å². The van der Waals surface area contributed by atoms with Gasteiger partial charge in [-0.15, -0.1) is 0 Å². The summed E-state index contributed by atoms with van der Waals surface area (Å²) in [5.41, 5.74) is 2.37. The molecule has 1 heterocycles. The van der Waals surface area contributed by atoms with E-state index < -0.39 is 24.7 Å². The first-order chi connectivity index (χ1) is 11.7. The molecule has 4 nitrogen and oxygen atoms in total. The number of amides is 1. The fraction of sp³-hybridized carbons (Fsp3) is 0.500. The Morgan fingerprint density at radius 2 is 2.00 bits per heavy atom. The van der Waals surface area contributed by atoms with E-state index in [0.29, 0.717) is 6.54 Å². The molecule has 0 aliphatic heterocycles. The van der Waals surface area contributed by atoms with Gasteiger partial charge in [0.05, 0.1) is 6.54 Å². The summed E-state index contributed by atoms with van der Waals surface area (Å²) in [6.07, 6.45) is 2.78. The van der Waals surface area contributed by atoms with Crippen LogP contribution in [0.2, 0.25) is 0 Å². The van der Waals surface area contributed by atoms with Crippen molar-refractivity contribution in [2.24, 2.45) is 0 Å². The van der Waals surface area contributed by atoms with Crippen LogP contribution in [0.1, 0.15) is 45.3 Å². The number of alkyl halides is 3. The SMILES string of the molecule is CC(C)=CCC/C(C)=C/CNC(=O)CNC(c1ccc[nH]1)C(F)(F)F. The topological polar surface area (TPSA) is 56.9 Å². The number of carbonyl (C=O) groups is 1. The van der Waals surface area contributed by atoms with E-state index in [1.165, 1.54) is 23.9 Å². The molecule has 1 atom stereocenters. The number of hydrogen-bond acceptors (Lipinski definition) is 2. The van der Waals surface area contributed by atoms with Crippen LogP contribution in [-0.4, -0.2) is 30.2 Å². The Labute approximate surface area is 146 Å². The molecule has 0 radical (unpaired) electrons. The third-order valence-corrected chi connectivity index (χ3v) is 3.57. The largest absolute Gasteiger partial charge is 0.409 e. The monoisotopic (exact) mass is 357 g/mol. The number of rotatable bonds is 9. The number of nitrogens with one attached hydrogen (secondary N) is 3. The molecule has 0 saturated carbocycles. The van der Waals surface area contributed by atoms with Crippen LogP contribution in [-0.2, 0) is 4.79 Å². The molecule has 0 saturated heterocycles. The predicted molar refractivity (Wildman–Crippen MR) is 93.0 cm³/mol. The van der Waals surface area contributed by atoms with Gasteiger partial charge in [-0.3, -0.25) is 10.1 Å². The van der Waals surface area contributed by atoms with Crippen molar-refractivity contribution in [1.82, 2.24) is 15.6 Å². The molecule has 1 unspecified atom stereocenters. The lowest BCUT2D eigenvalue weighted by Gasteiger charge is -2.20. The standard InChI is InChI=1S/C18H26F3N3O/c1-13(2)6-4-7-14(3)9-11-23-16(25)12-24-17(18(19,20)21)15-8-5-10-22-15/h5-6,8-10,17,22,24H,4,7,11-12H2,1-3H3,(H,23,25)/b14-9+. The second-order valence-corrected chi connectivity index (χ2v) is 6.16. The fourth-order valence-corrected chi connectivity index (χ4v) is 2.21. The van der Waals surface area contributed by atoms with Crippen molar-refractivity contribution in [2.45, 2.75) is 45.8 Å². The van der Waals surface area contributed by atoms with Crippen molar-refractivity contribution >= 4 is 5.91 Å². The molecule has 0 aromatic carbocycles. The van der Waals surface area contributed by atoms with Gasteiger partial charge in [0.2, 0.25) is 5.91 Å². The molecular weight excluding hydrogens is 331 g/mol. The Balaban J connectivity index is 2.39. The number of carbonyl (C=O) groups excluding carboxylic acids is 1. The molecule has 1 aromatic rings. The Kier molecular flexibility index (Phi) is 8.48. The Morgan fingerprint density at radius 1 is 1.28 bits per heavy atom. The molecule has 0 fully saturated rings. The second kappa shape index (κ2) is 10.1. The van der Waals surface area contributed by atoms with Crippen LogP contribution in [0.15, 0.2) is 41.6 Å². The van der Waals surface area contributed by atoms with E-state index in [-0.39, 0.29) is 5.69 Å². The maximum atomic E-state index is 13.0. The van der Waals surface area contributed by atoms with Gasteiger partial charge in [0.1, 0.15) is 6.04 Å². The van der Waals surface area contributed by atoms with Gasteiger partial charge in [-0.05, 0) is 45.7 Å². The van der Waals surface area contributed by atoms with Gasteiger partial charge >= 0.3 is 6.18 Å². The van der Waals surface area contributed by atoms with Crippen molar-refractivity contribution in [1.29, 1.82) is 0 Å². The van der Waals surface area contributed by atoms with Crippen molar-refractivity contribution in [3.8, 4) is 0 Å². The smallest absolute Gasteiger partial charge is 0.363 e. The summed E-state index contributed by atoms with van der Waals surface area (Å²) in [6, 6.07) is 0.926. The first-order valence-corrected chi connectivity index (χ1v) is 8.19. The highest BCUT2D eigenvalue weighted by molar-refractivity contribution is 5.78. The Morgan fingerprint density at radius 3 is 2.56 bits per heavy atom. The van der Waals surface area contributed by atoms with Crippen molar-refractivity contribution in [3.05, 3.63) is 47.3 Å². The van der Waals surface area contributed by atoms with E-state index in [4.69, 9.17) is 0 Å². The average Bonchev–Trinajstić information content (AvgIpc) is 2.99. The molecular formula is C18H26F3N3O. The Hall–Kier alpha value is -2.02. The maximum absolute atomic E-state index is 13.0. The molecule has 0 bridgehead atoms. The van der Waals surface area contributed by atoms with Crippen LogP contribution < -0.4 is 10.6 Å². The molecule has 0 spiro atoms.